The predicted molar refractivity (Wildman–Crippen MR) is 72.9 cm³/mol. The predicted octanol–water partition coefficient (Wildman–Crippen LogP) is 1.12. The number of aromatic nitrogens is 1. The average molecular weight is 260 g/mol. The molecule has 1 saturated heterocycles. The van der Waals surface area contributed by atoms with Crippen molar-refractivity contribution in [2.24, 2.45) is 0 Å². The molecule has 1 aliphatic heterocycles. The molecule has 19 heavy (non-hydrogen) atoms. The molecule has 1 amide bonds. The van der Waals surface area contributed by atoms with Crippen molar-refractivity contribution in [1.29, 1.82) is 0 Å². The third kappa shape index (κ3) is 1.99. The van der Waals surface area contributed by atoms with E-state index in [-0.39, 0.29) is 11.9 Å². The second-order valence-corrected chi connectivity index (χ2v) is 4.69. The van der Waals surface area contributed by atoms with Gasteiger partial charge in [-0.05, 0) is 25.0 Å². The molecule has 0 saturated carbocycles. The summed E-state index contributed by atoms with van der Waals surface area (Å²) in [5.41, 5.74) is 7.76. The number of carbonyl (C=O) groups is 1. The van der Waals surface area contributed by atoms with Gasteiger partial charge in [-0.2, -0.15) is 4.98 Å². The fourth-order valence-corrected chi connectivity index (χ4v) is 2.49. The summed E-state index contributed by atoms with van der Waals surface area (Å²) in [7, 11) is 1.64. The normalized spacial score (nSPS) is 19.0. The van der Waals surface area contributed by atoms with Gasteiger partial charge in [0.1, 0.15) is 11.6 Å². The molecule has 1 aromatic carbocycles. The summed E-state index contributed by atoms with van der Waals surface area (Å²) in [6, 6.07) is 5.65. The standard InChI is InChI=1S/C13H16N4O2/c1-15-12(18)10-3-2-6-17(10)13-16-9-5-4-8(14)7-11(9)19-13/h4-5,7,10H,2-3,6,14H2,1H3,(H,15,18). The first-order chi connectivity index (χ1) is 9.19. The molecule has 1 unspecified atom stereocenters. The number of likely N-dealkylation sites (N-methyl/N-ethyl adjacent to an activating group) is 1. The van der Waals surface area contributed by atoms with Crippen LogP contribution >= 0.6 is 0 Å². The Morgan fingerprint density at radius 2 is 2.42 bits per heavy atom. The van der Waals surface area contributed by atoms with Gasteiger partial charge in [0.2, 0.25) is 5.91 Å². The molecule has 1 aromatic heterocycles. The topological polar surface area (TPSA) is 84.4 Å². The Morgan fingerprint density at radius 3 is 3.21 bits per heavy atom. The monoisotopic (exact) mass is 260 g/mol. The number of nitrogen functional groups attached to an aromatic ring is 1. The minimum Gasteiger partial charge on any atom is -0.423 e. The summed E-state index contributed by atoms with van der Waals surface area (Å²) < 4.78 is 5.71. The SMILES string of the molecule is CNC(=O)C1CCCN1c1nc2ccc(N)cc2o1. The van der Waals surface area contributed by atoms with Gasteiger partial charge >= 0.3 is 0 Å². The third-order valence-corrected chi connectivity index (χ3v) is 3.45. The highest BCUT2D eigenvalue weighted by Gasteiger charge is 2.33. The van der Waals surface area contributed by atoms with E-state index in [1.807, 2.05) is 11.0 Å². The van der Waals surface area contributed by atoms with Gasteiger partial charge in [-0.25, -0.2) is 0 Å². The number of fused-ring (bicyclic) bond motifs is 1. The maximum Gasteiger partial charge on any atom is 0.299 e. The Balaban J connectivity index is 1.97. The number of benzene rings is 1. The highest BCUT2D eigenvalue weighted by atomic mass is 16.4. The molecule has 6 heteroatoms. The van der Waals surface area contributed by atoms with E-state index in [9.17, 15) is 4.79 Å². The van der Waals surface area contributed by atoms with Gasteiger partial charge in [-0.15, -0.1) is 0 Å². The van der Waals surface area contributed by atoms with Crippen LogP contribution in [0.15, 0.2) is 22.6 Å². The van der Waals surface area contributed by atoms with Gasteiger partial charge in [0.25, 0.3) is 6.01 Å². The molecule has 2 aromatic rings. The van der Waals surface area contributed by atoms with Crippen molar-refractivity contribution in [3.05, 3.63) is 18.2 Å². The van der Waals surface area contributed by atoms with Crippen LogP contribution in [-0.2, 0) is 4.79 Å². The van der Waals surface area contributed by atoms with Gasteiger partial charge in [-0.1, -0.05) is 0 Å². The first-order valence-electron chi connectivity index (χ1n) is 6.33. The second kappa shape index (κ2) is 4.46. The molecule has 1 fully saturated rings. The van der Waals surface area contributed by atoms with Crippen LogP contribution in [0, 0.1) is 0 Å². The van der Waals surface area contributed by atoms with Crippen LogP contribution in [0.4, 0.5) is 11.7 Å². The van der Waals surface area contributed by atoms with E-state index in [2.05, 4.69) is 10.3 Å². The molecule has 100 valence electrons. The molecule has 1 aliphatic rings. The molecular weight excluding hydrogens is 244 g/mol. The van der Waals surface area contributed by atoms with Crippen LogP contribution in [0.5, 0.6) is 0 Å². The first kappa shape index (κ1) is 11.8. The fourth-order valence-electron chi connectivity index (χ4n) is 2.49. The Bertz CT molecular complexity index is 622. The molecule has 3 N–H and O–H groups in total. The Hall–Kier alpha value is -2.24. The van der Waals surface area contributed by atoms with Crippen LogP contribution in [0.1, 0.15) is 12.8 Å². The molecule has 0 radical (unpaired) electrons. The number of anilines is 2. The summed E-state index contributed by atoms with van der Waals surface area (Å²) in [5, 5.41) is 2.68. The minimum absolute atomic E-state index is 0.000676. The van der Waals surface area contributed by atoms with Crippen LogP contribution in [0.25, 0.3) is 11.1 Å². The highest BCUT2D eigenvalue weighted by molar-refractivity contribution is 5.85. The van der Waals surface area contributed by atoms with E-state index in [0.29, 0.717) is 17.3 Å². The summed E-state index contributed by atoms with van der Waals surface area (Å²) >= 11 is 0. The number of amides is 1. The number of nitrogens with two attached hydrogens (primary N) is 1. The van der Waals surface area contributed by atoms with E-state index in [4.69, 9.17) is 10.2 Å². The van der Waals surface area contributed by atoms with E-state index in [0.717, 1.165) is 24.9 Å². The molecule has 6 nitrogen and oxygen atoms in total. The number of oxazole rings is 1. The zero-order chi connectivity index (χ0) is 13.4. The number of carbonyl (C=O) groups excluding carboxylic acids is 1. The van der Waals surface area contributed by atoms with Crippen LogP contribution < -0.4 is 16.0 Å². The summed E-state index contributed by atoms with van der Waals surface area (Å²) in [6.07, 6.45) is 1.78. The summed E-state index contributed by atoms with van der Waals surface area (Å²) in [5.74, 6) is -0.000676. The number of hydrogen-bond acceptors (Lipinski definition) is 5. The zero-order valence-corrected chi connectivity index (χ0v) is 10.7. The lowest BCUT2D eigenvalue weighted by Crippen LogP contribution is -2.42. The Kier molecular flexibility index (Phi) is 2.77. The summed E-state index contributed by atoms with van der Waals surface area (Å²) in [4.78, 5) is 18.2. The van der Waals surface area contributed by atoms with Gasteiger partial charge < -0.3 is 20.4 Å². The van der Waals surface area contributed by atoms with Crippen molar-refractivity contribution >= 4 is 28.7 Å². The van der Waals surface area contributed by atoms with Crippen molar-refractivity contribution in [3.8, 4) is 0 Å². The van der Waals surface area contributed by atoms with E-state index < -0.39 is 0 Å². The number of nitrogens with one attached hydrogen (secondary N) is 1. The Labute approximate surface area is 110 Å². The second-order valence-electron chi connectivity index (χ2n) is 4.69. The Morgan fingerprint density at radius 1 is 1.58 bits per heavy atom. The molecule has 0 spiro atoms. The molecule has 3 rings (SSSR count). The van der Waals surface area contributed by atoms with Crippen molar-refractivity contribution in [2.45, 2.75) is 18.9 Å². The quantitative estimate of drug-likeness (QED) is 0.791. The van der Waals surface area contributed by atoms with E-state index in [1.54, 1.807) is 19.2 Å². The molecular formula is C13H16N4O2. The van der Waals surface area contributed by atoms with E-state index in [1.165, 1.54) is 0 Å². The van der Waals surface area contributed by atoms with Crippen molar-refractivity contribution < 1.29 is 9.21 Å². The van der Waals surface area contributed by atoms with Gasteiger partial charge in [0, 0.05) is 25.3 Å². The zero-order valence-electron chi connectivity index (χ0n) is 10.7. The number of rotatable bonds is 2. The van der Waals surface area contributed by atoms with Gasteiger partial charge in [-0.3, -0.25) is 4.79 Å². The largest absolute Gasteiger partial charge is 0.423 e. The average Bonchev–Trinajstić information content (AvgIpc) is 3.02. The van der Waals surface area contributed by atoms with Gasteiger partial charge in [0.15, 0.2) is 5.58 Å². The highest BCUT2D eigenvalue weighted by Crippen LogP contribution is 2.29. The molecule has 0 bridgehead atoms. The fraction of sp³-hybridized carbons (Fsp3) is 0.385. The lowest BCUT2D eigenvalue weighted by Gasteiger charge is -2.20. The van der Waals surface area contributed by atoms with Crippen LogP contribution in [-0.4, -0.2) is 30.5 Å². The maximum atomic E-state index is 11.8. The van der Waals surface area contributed by atoms with Crippen LogP contribution in [0.3, 0.4) is 0 Å². The van der Waals surface area contributed by atoms with Crippen molar-refractivity contribution in [2.75, 3.05) is 24.2 Å². The molecule has 1 atom stereocenters. The first-order valence-corrected chi connectivity index (χ1v) is 6.33. The van der Waals surface area contributed by atoms with Gasteiger partial charge in [0.05, 0.1) is 0 Å². The number of hydrogen-bond donors (Lipinski definition) is 2. The lowest BCUT2D eigenvalue weighted by molar-refractivity contribution is -0.121. The molecule has 0 aliphatic carbocycles. The third-order valence-electron chi connectivity index (χ3n) is 3.45. The van der Waals surface area contributed by atoms with E-state index >= 15 is 0 Å². The molecule has 2 heterocycles. The smallest absolute Gasteiger partial charge is 0.299 e. The lowest BCUT2D eigenvalue weighted by atomic mass is 10.2. The maximum absolute atomic E-state index is 11.8. The van der Waals surface area contributed by atoms with Crippen LogP contribution in [0.2, 0.25) is 0 Å². The van der Waals surface area contributed by atoms with Crippen molar-refractivity contribution in [3.63, 3.8) is 0 Å². The summed E-state index contributed by atoms with van der Waals surface area (Å²) in [6.45, 7) is 0.778. The van der Waals surface area contributed by atoms with Crippen molar-refractivity contribution in [1.82, 2.24) is 10.3 Å². The minimum atomic E-state index is -0.199. The number of nitrogens with zero attached hydrogens (tertiary/aromatic N) is 2.